The van der Waals surface area contributed by atoms with E-state index < -0.39 is 0 Å². The van der Waals surface area contributed by atoms with Crippen LogP contribution >= 0.6 is 34.5 Å². The van der Waals surface area contributed by atoms with Crippen molar-refractivity contribution in [3.63, 3.8) is 0 Å². The molecular formula is C22H26Cl2N4O2S. The van der Waals surface area contributed by atoms with Crippen LogP contribution in [0.15, 0.2) is 36.4 Å². The van der Waals surface area contributed by atoms with Gasteiger partial charge in [-0.05, 0) is 68.8 Å². The topological polar surface area (TPSA) is 73.5 Å². The molecule has 0 aliphatic carbocycles. The third-order valence-electron chi connectivity index (χ3n) is 5.99. The minimum atomic E-state index is -0.266. The lowest BCUT2D eigenvalue weighted by molar-refractivity contribution is -0.137. The lowest BCUT2D eigenvalue weighted by Gasteiger charge is -2.40. The third kappa shape index (κ3) is 5.71. The number of hydrogen-bond donors (Lipinski definition) is 3. The number of urea groups is 1. The molecule has 0 saturated carbocycles. The van der Waals surface area contributed by atoms with Crippen LogP contribution in [-0.4, -0.2) is 49.1 Å². The number of thiophene rings is 1. The van der Waals surface area contributed by atoms with E-state index in [0.29, 0.717) is 34.6 Å². The van der Waals surface area contributed by atoms with Crippen LogP contribution in [0.25, 0.3) is 0 Å². The highest BCUT2D eigenvalue weighted by atomic mass is 35.5. The van der Waals surface area contributed by atoms with Crippen molar-refractivity contribution in [2.75, 3.05) is 31.5 Å². The molecule has 31 heavy (non-hydrogen) atoms. The summed E-state index contributed by atoms with van der Waals surface area (Å²) in [5.41, 5.74) is 0.677. The molecule has 2 unspecified atom stereocenters. The summed E-state index contributed by atoms with van der Waals surface area (Å²) in [6.45, 7) is 3.02. The van der Waals surface area contributed by atoms with E-state index >= 15 is 0 Å². The second-order valence-corrected chi connectivity index (χ2v) is 10.2. The summed E-state index contributed by atoms with van der Waals surface area (Å²) >= 11 is 13.6. The van der Waals surface area contributed by atoms with Gasteiger partial charge in [0.05, 0.1) is 4.34 Å². The molecule has 2 saturated heterocycles. The van der Waals surface area contributed by atoms with Crippen molar-refractivity contribution in [2.45, 2.75) is 31.2 Å². The van der Waals surface area contributed by atoms with Gasteiger partial charge in [-0.25, -0.2) is 4.79 Å². The van der Waals surface area contributed by atoms with Crippen molar-refractivity contribution in [1.82, 2.24) is 15.5 Å². The van der Waals surface area contributed by atoms with Crippen molar-refractivity contribution < 1.29 is 9.59 Å². The van der Waals surface area contributed by atoms with Gasteiger partial charge >= 0.3 is 6.03 Å². The molecule has 3 amide bonds. The summed E-state index contributed by atoms with van der Waals surface area (Å²) in [4.78, 5) is 28.8. The summed E-state index contributed by atoms with van der Waals surface area (Å²) in [7, 11) is 0. The maximum atomic E-state index is 13.1. The quantitative estimate of drug-likeness (QED) is 0.600. The van der Waals surface area contributed by atoms with Crippen LogP contribution in [-0.2, 0) is 4.79 Å². The van der Waals surface area contributed by atoms with Crippen LogP contribution in [0.1, 0.15) is 30.1 Å². The first-order valence-electron chi connectivity index (χ1n) is 10.6. The predicted octanol–water partition coefficient (Wildman–Crippen LogP) is 4.56. The minimum absolute atomic E-state index is 0.00730. The Bertz CT molecular complexity index is 914. The van der Waals surface area contributed by atoms with Crippen molar-refractivity contribution in [2.24, 2.45) is 5.92 Å². The maximum absolute atomic E-state index is 13.1. The number of halogens is 2. The zero-order chi connectivity index (χ0) is 21.8. The van der Waals surface area contributed by atoms with Gasteiger partial charge in [0.1, 0.15) is 0 Å². The van der Waals surface area contributed by atoms with E-state index in [1.807, 2.05) is 17.0 Å². The largest absolute Gasteiger partial charge is 0.342 e. The Morgan fingerprint density at radius 1 is 1.03 bits per heavy atom. The fraction of sp³-hybridized carbons (Fsp3) is 0.455. The minimum Gasteiger partial charge on any atom is -0.342 e. The summed E-state index contributed by atoms with van der Waals surface area (Å²) in [6, 6.07) is 10.5. The molecule has 2 aliphatic heterocycles. The Labute approximate surface area is 196 Å². The van der Waals surface area contributed by atoms with E-state index in [0.717, 1.165) is 30.8 Å². The first kappa shape index (κ1) is 22.4. The lowest BCUT2D eigenvalue weighted by atomic mass is 9.88. The highest BCUT2D eigenvalue weighted by Crippen LogP contribution is 2.35. The van der Waals surface area contributed by atoms with Crippen LogP contribution in [0.5, 0.6) is 0 Å². The van der Waals surface area contributed by atoms with Crippen molar-refractivity contribution >= 4 is 52.2 Å². The van der Waals surface area contributed by atoms with E-state index in [4.69, 9.17) is 23.2 Å². The Hall–Kier alpha value is -1.80. The predicted molar refractivity (Wildman–Crippen MR) is 126 cm³/mol. The van der Waals surface area contributed by atoms with Crippen LogP contribution in [0.3, 0.4) is 0 Å². The fourth-order valence-electron chi connectivity index (χ4n) is 4.34. The van der Waals surface area contributed by atoms with Crippen LogP contribution < -0.4 is 16.0 Å². The summed E-state index contributed by atoms with van der Waals surface area (Å²) in [5.74, 6) is 0.331. The average Bonchev–Trinajstić information content (AvgIpc) is 3.22. The van der Waals surface area contributed by atoms with E-state index in [9.17, 15) is 9.59 Å². The van der Waals surface area contributed by atoms with Crippen molar-refractivity contribution in [3.05, 3.63) is 50.6 Å². The van der Waals surface area contributed by atoms with Crippen LogP contribution in [0.2, 0.25) is 9.36 Å². The van der Waals surface area contributed by atoms with Gasteiger partial charge in [-0.2, -0.15) is 0 Å². The van der Waals surface area contributed by atoms with Gasteiger partial charge in [-0.15, -0.1) is 11.3 Å². The molecule has 3 heterocycles. The van der Waals surface area contributed by atoms with E-state index in [1.165, 1.54) is 11.3 Å². The first-order valence-corrected chi connectivity index (χ1v) is 12.1. The van der Waals surface area contributed by atoms with Crippen molar-refractivity contribution in [1.29, 1.82) is 0 Å². The molecule has 2 aromatic rings. The zero-order valence-corrected chi connectivity index (χ0v) is 19.4. The number of nitrogens with zero attached hydrogens (tertiary/aromatic N) is 1. The second-order valence-electron chi connectivity index (χ2n) is 8.06. The molecule has 0 spiro atoms. The first-order chi connectivity index (χ1) is 15.0. The lowest BCUT2D eigenvalue weighted by Crippen LogP contribution is -2.53. The Kier molecular flexibility index (Phi) is 7.38. The van der Waals surface area contributed by atoms with Gasteiger partial charge in [0.15, 0.2) is 0 Å². The molecule has 3 N–H and O–H groups in total. The van der Waals surface area contributed by atoms with Crippen LogP contribution in [0.4, 0.5) is 10.5 Å². The molecule has 1 aromatic heterocycles. The number of nitrogens with one attached hydrogen (secondary N) is 3. The highest BCUT2D eigenvalue weighted by molar-refractivity contribution is 7.16. The summed E-state index contributed by atoms with van der Waals surface area (Å²) < 4.78 is 0.709. The molecule has 1 aromatic carbocycles. The third-order valence-corrected chi connectivity index (χ3v) is 7.61. The van der Waals surface area contributed by atoms with Gasteiger partial charge in [0, 0.05) is 46.6 Å². The monoisotopic (exact) mass is 480 g/mol. The number of piperidine rings is 2. The molecule has 2 fully saturated rings. The van der Waals surface area contributed by atoms with E-state index in [1.54, 1.807) is 24.3 Å². The Balaban J connectivity index is 1.44. The fourth-order valence-corrected chi connectivity index (χ4v) is 5.68. The van der Waals surface area contributed by atoms with Gasteiger partial charge in [-0.3, -0.25) is 4.79 Å². The molecule has 0 radical (unpaired) electrons. The molecule has 2 aliphatic rings. The number of carbonyl (C=O) groups is 2. The number of anilines is 1. The number of likely N-dealkylation sites (tertiary alicyclic amines) is 1. The SMILES string of the molecule is O=C(Nc1ccc(Cl)cc1)NC1CCN(C(=O)C2CCNCC2)CC1c1ccc(Cl)s1. The normalized spacial score (nSPS) is 22.2. The number of amides is 3. The van der Waals surface area contributed by atoms with Crippen molar-refractivity contribution in [3.8, 4) is 0 Å². The standard InChI is InChI=1S/C22H26Cl2N4O2S/c23-15-1-3-16(4-2-15)26-22(30)27-18-9-12-28(21(29)14-7-10-25-11-8-14)13-17(18)19-5-6-20(24)31-19/h1-6,14,17-18,25H,7-13H2,(H2,26,27,30). The van der Waals surface area contributed by atoms with Crippen LogP contribution in [0, 0.1) is 5.92 Å². The molecular weight excluding hydrogens is 455 g/mol. The molecule has 166 valence electrons. The number of benzene rings is 1. The van der Waals surface area contributed by atoms with E-state index in [2.05, 4.69) is 16.0 Å². The molecule has 9 heteroatoms. The maximum Gasteiger partial charge on any atom is 0.319 e. The Morgan fingerprint density at radius 2 is 1.77 bits per heavy atom. The summed E-state index contributed by atoms with van der Waals surface area (Å²) in [6.07, 6.45) is 2.47. The van der Waals surface area contributed by atoms with Gasteiger partial charge in [0.25, 0.3) is 0 Å². The van der Waals surface area contributed by atoms with Gasteiger partial charge in [-0.1, -0.05) is 23.2 Å². The summed E-state index contributed by atoms with van der Waals surface area (Å²) in [5, 5.41) is 9.90. The molecule has 0 bridgehead atoms. The van der Waals surface area contributed by atoms with E-state index in [-0.39, 0.29) is 29.8 Å². The molecule has 6 nitrogen and oxygen atoms in total. The number of hydrogen-bond acceptors (Lipinski definition) is 4. The van der Waals surface area contributed by atoms with Gasteiger partial charge in [0.2, 0.25) is 5.91 Å². The second kappa shape index (κ2) is 10.2. The smallest absolute Gasteiger partial charge is 0.319 e. The number of carbonyl (C=O) groups excluding carboxylic acids is 2. The zero-order valence-electron chi connectivity index (χ0n) is 17.1. The number of rotatable bonds is 4. The highest BCUT2D eigenvalue weighted by Gasteiger charge is 2.36. The average molecular weight is 481 g/mol. The van der Waals surface area contributed by atoms with Gasteiger partial charge < -0.3 is 20.9 Å². The molecule has 4 rings (SSSR count). The molecule has 2 atom stereocenters. The Morgan fingerprint density at radius 3 is 2.45 bits per heavy atom.